The van der Waals surface area contributed by atoms with Crippen molar-refractivity contribution in [3.8, 4) is 0 Å². The van der Waals surface area contributed by atoms with E-state index in [0.29, 0.717) is 47.3 Å². The third-order valence-corrected chi connectivity index (χ3v) is 5.21. The number of nitrogens with one attached hydrogen (secondary N) is 1. The highest BCUT2D eigenvalue weighted by molar-refractivity contribution is 6.42. The standard InChI is InChI=1S/C18H15Cl2FN4O/c19-13-9-15-16(10-14(13)20)23-17(22-15)18(26)25-7-5-24(6-8-25)12-3-1-11(21)2-4-12/h1-4,9-10H,5-8H2,(H,22,23). The third kappa shape index (κ3) is 3.22. The van der Waals surface area contributed by atoms with Crippen LogP contribution in [-0.2, 0) is 0 Å². The topological polar surface area (TPSA) is 52.2 Å². The maximum absolute atomic E-state index is 13.0. The molecule has 2 heterocycles. The number of hydrogen-bond donors (Lipinski definition) is 1. The van der Waals surface area contributed by atoms with Crippen LogP contribution in [0, 0.1) is 5.82 Å². The maximum Gasteiger partial charge on any atom is 0.289 e. The zero-order valence-corrected chi connectivity index (χ0v) is 15.2. The lowest BCUT2D eigenvalue weighted by molar-refractivity contribution is 0.0736. The highest BCUT2D eigenvalue weighted by atomic mass is 35.5. The summed E-state index contributed by atoms with van der Waals surface area (Å²) in [4.78, 5) is 23.9. The summed E-state index contributed by atoms with van der Waals surface area (Å²) in [6.45, 7) is 2.48. The van der Waals surface area contributed by atoms with Gasteiger partial charge in [0.2, 0.25) is 0 Å². The molecule has 0 atom stereocenters. The maximum atomic E-state index is 13.0. The molecule has 5 nitrogen and oxygen atoms in total. The first-order valence-corrected chi connectivity index (χ1v) is 8.91. The minimum atomic E-state index is -0.257. The number of aromatic amines is 1. The molecule has 1 amide bonds. The van der Waals surface area contributed by atoms with Crippen molar-refractivity contribution in [3.05, 3.63) is 58.1 Å². The Labute approximate surface area is 159 Å². The van der Waals surface area contributed by atoms with Gasteiger partial charge in [-0.2, -0.15) is 0 Å². The van der Waals surface area contributed by atoms with E-state index >= 15 is 0 Å². The van der Waals surface area contributed by atoms with E-state index in [1.807, 2.05) is 0 Å². The fourth-order valence-electron chi connectivity index (χ4n) is 3.08. The van der Waals surface area contributed by atoms with Crippen molar-refractivity contribution in [2.24, 2.45) is 0 Å². The van der Waals surface area contributed by atoms with Gasteiger partial charge in [0, 0.05) is 31.9 Å². The second-order valence-electron chi connectivity index (χ2n) is 6.12. The van der Waals surface area contributed by atoms with Crippen LogP contribution in [0.4, 0.5) is 10.1 Å². The lowest BCUT2D eigenvalue weighted by Gasteiger charge is -2.35. The van der Waals surface area contributed by atoms with Crippen molar-refractivity contribution < 1.29 is 9.18 Å². The number of anilines is 1. The first kappa shape index (κ1) is 17.1. The molecule has 8 heteroatoms. The highest BCUT2D eigenvalue weighted by Crippen LogP contribution is 2.27. The highest BCUT2D eigenvalue weighted by Gasteiger charge is 2.24. The van der Waals surface area contributed by atoms with Crippen LogP contribution in [0.5, 0.6) is 0 Å². The van der Waals surface area contributed by atoms with Gasteiger partial charge in [-0.05, 0) is 36.4 Å². The van der Waals surface area contributed by atoms with Crippen LogP contribution in [-0.4, -0.2) is 47.0 Å². The summed E-state index contributed by atoms with van der Waals surface area (Å²) in [6, 6.07) is 9.68. The van der Waals surface area contributed by atoms with Crippen LogP contribution >= 0.6 is 23.2 Å². The monoisotopic (exact) mass is 392 g/mol. The molecule has 0 unspecified atom stereocenters. The SMILES string of the molecule is O=C(c1nc2cc(Cl)c(Cl)cc2[nH]1)N1CCN(c2ccc(F)cc2)CC1. The van der Waals surface area contributed by atoms with Crippen molar-refractivity contribution in [1.29, 1.82) is 0 Å². The zero-order valence-electron chi connectivity index (χ0n) is 13.7. The van der Waals surface area contributed by atoms with Crippen LogP contribution in [0.3, 0.4) is 0 Å². The fourth-order valence-corrected chi connectivity index (χ4v) is 3.40. The van der Waals surface area contributed by atoms with E-state index in [-0.39, 0.29) is 17.5 Å². The number of carbonyl (C=O) groups excluding carboxylic acids is 1. The lowest BCUT2D eigenvalue weighted by atomic mass is 10.2. The molecular formula is C18H15Cl2FN4O. The summed E-state index contributed by atoms with van der Waals surface area (Å²) >= 11 is 12.0. The molecule has 1 aliphatic heterocycles. The minimum Gasteiger partial charge on any atom is -0.368 e. The van der Waals surface area contributed by atoms with E-state index in [4.69, 9.17) is 23.2 Å². The van der Waals surface area contributed by atoms with Gasteiger partial charge in [0.25, 0.3) is 5.91 Å². The normalized spacial score (nSPS) is 14.9. The largest absolute Gasteiger partial charge is 0.368 e. The Hall–Kier alpha value is -2.31. The van der Waals surface area contributed by atoms with Gasteiger partial charge >= 0.3 is 0 Å². The molecular weight excluding hydrogens is 378 g/mol. The second kappa shape index (κ2) is 6.78. The number of H-pyrrole nitrogens is 1. The van der Waals surface area contributed by atoms with Crippen LogP contribution in [0.25, 0.3) is 11.0 Å². The Morgan fingerprint density at radius 2 is 1.69 bits per heavy atom. The Bertz CT molecular complexity index is 926. The van der Waals surface area contributed by atoms with Gasteiger partial charge in [0.1, 0.15) is 5.82 Å². The molecule has 1 aromatic heterocycles. The summed E-state index contributed by atoms with van der Waals surface area (Å²) in [5.41, 5.74) is 2.23. The van der Waals surface area contributed by atoms with Crippen LogP contribution in [0.15, 0.2) is 36.4 Å². The molecule has 0 saturated carbocycles. The van der Waals surface area contributed by atoms with E-state index in [0.717, 1.165) is 5.69 Å². The van der Waals surface area contributed by atoms with E-state index in [2.05, 4.69) is 14.9 Å². The Kier molecular flexibility index (Phi) is 4.46. The quantitative estimate of drug-likeness (QED) is 0.717. The second-order valence-corrected chi connectivity index (χ2v) is 6.94. The number of amides is 1. The van der Waals surface area contributed by atoms with Crippen molar-refractivity contribution in [3.63, 3.8) is 0 Å². The molecule has 0 spiro atoms. The molecule has 1 aliphatic rings. The van der Waals surface area contributed by atoms with Crippen molar-refractivity contribution in [1.82, 2.24) is 14.9 Å². The average Bonchev–Trinajstić information content (AvgIpc) is 3.05. The number of aromatic nitrogens is 2. The molecule has 134 valence electrons. The molecule has 1 fully saturated rings. The first-order valence-electron chi connectivity index (χ1n) is 8.16. The van der Waals surface area contributed by atoms with Gasteiger partial charge in [-0.15, -0.1) is 0 Å². The first-order chi connectivity index (χ1) is 12.5. The molecule has 26 heavy (non-hydrogen) atoms. The molecule has 3 aromatic rings. The summed E-state index contributed by atoms with van der Waals surface area (Å²) in [5.74, 6) is -0.145. The minimum absolute atomic E-state index is 0.160. The van der Waals surface area contributed by atoms with E-state index in [1.165, 1.54) is 12.1 Å². The van der Waals surface area contributed by atoms with Gasteiger partial charge in [0.15, 0.2) is 5.82 Å². The summed E-state index contributed by atoms with van der Waals surface area (Å²) < 4.78 is 13.0. The van der Waals surface area contributed by atoms with E-state index < -0.39 is 0 Å². The number of nitrogens with zero attached hydrogens (tertiary/aromatic N) is 3. The average molecular weight is 393 g/mol. The van der Waals surface area contributed by atoms with Gasteiger partial charge in [0.05, 0.1) is 21.1 Å². The number of halogens is 3. The number of fused-ring (bicyclic) bond motifs is 1. The van der Waals surface area contributed by atoms with Crippen LogP contribution < -0.4 is 4.90 Å². The third-order valence-electron chi connectivity index (χ3n) is 4.49. The number of hydrogen-bond acceptors (Lipinski definition) is 3. The zero-order chi connectivity index (χ0) is 18.3. The molecule has 1 N–H and O–H groups in total. The summed E-state index contributed by atoms with van der Waals surface area (Å²) in [5, 5.41) is 0.812. The van der Waals surface area contributed by atoms with E-state index in [1.54, 1.807) is 29.2 Å². The van der Waals surface area contributed by atoms with Crippen LogP contribution in [0.2, 0.25) is 10.0 Å². The Morgan fingerprint density at radius 3 is 2.38 bits per heavy atom. The van der Waals surface area contributed by atoms with Crippen molar-refractivity contribution in [2.45, 2.75) is 0 Å². The number of piperazine rings is 1. The molecule has 4 rings (SSSR count). The van der Waals surface area contributed by atoms with Gasteiger partial charge in [-0.1, -0.05) is 23.2 Å². The number of benzene rings is 2. The summed E-state index contributed by atoms with van der Waals surface area (Å²) in [6.07, 6.45) is 0. The fraction of sp³-hybridized carbons (Fsp3) is 0.222. The Balaban J connectivity index is 1.47. The van der Waals surface area contributed by atoms with Crippen molar-refractivity contribution in [2.75, 3.05) is 31.1 Å². The lowest BCUT2D eigenvalue weighted by Crippen LogP contribution is -2.49. The predicted molar refractivity (Wildman–Crippen MR) is 101 cm³/mol. The molecule has 0 bridgehead atoms. The Morgan fingerprint density at radius 1 is 1.04 bits per heavy atom. The molecule has 0 aliphatic carbocycles. The number of imidazole rings is 1. The molecule has 0 radical (unpaired) electrons. The van der Waals surface area contributed by atoms with Gasteiger partial charge in [-0.25, -0.2) is 9.37 Å². The number of carbonyl (C=O) groups is 1. The van der Waals surface area contributed by atoms with Crippen LogP contribution in [0.1, 0.15) is 10.6 Å². The predicted octanol–water partition coefficient (Wildman–Crippen LogP) is 3.97. The molecule has 2 aromatic carbocycles. The number of rotatable bonds is 2. The summed E-state index contributed by atoms with van der Waals surface area (Å²) in [7, 11) is 0. The van der Waals surface area contributed by atoms with Gasteiger partial charge < -0.3 is 14.8 Å². The van der Waals surface area contributed by atoms with Gasteiger partial charge in [-0.3, -0.25) is 4.79 Å². The molecule has 1 saturated heterocycles. The van der Waals surface area contributed by atoms with Crippen molar-refractivity contribution >= 4 is 45.8 Å². The smallest absolute Gasteiger partial charge is 0.289 e. The van der Waals surface area contributed by atoms with E-state index in [9.17, 15) is 9.18 Å².